The van der Waals surface area contributed by atoms with Gasteiger partial charge in [0.1, 0.15) is 6.17 Å². The minimum atomic E-state index is -0.457. The molecule has 0 aromatic heterocycles. The molecule has 0 aliphatic carbocycles. The zero-order chi connectivity index (χ0) is 12.8. The van der Waals surface area contributed by atoms with Gasteiger partial charge in [0.15, 0.2) is 0 Å². The molecule has 1 aliphatic heterocycles. The molecule has 0 amide bonds. The second-order valence-corrected chi connectivity index (χ2v) is 3.69. The van der Waals surface area contributed by atoms with Crippen molar-refractivity contribution in [3.63, 3.8) is 0 Å². The van der Waals surface area contributed by atoms with Crippen molar-refractivity contribution in [1.29, 1.82) is 0 Å². The Morgan fingerprint density at radius 2 is 2.18 bits per heavy atom. The van der Waals surface area contributed by atoms with Gasteiger partial charge in [-0.2, -0.15) is 0 Å². The van der Waals surface area contributed by atoms with Gasteiger partial charge in [-0.25, -0.2) is 4.79 Å². The van der Waals surface area contributed by atoms with E-state index >= 15 is 0 Å². The summed E-state index contributed by atoms with van der Waals surface area (Å²) in [5.74, 6) is 0.0597. The lowest BCUT2D eigenvalue weighted by Gasteiger charge is -2.29. The summed E-state index contributed by atoms with van der Waals surface area (Å²) in [7, 11) is 1.87. The molecule has 0 spiro atoms. The fourth-order valence-electron chi connectivity index (χ4n) is 1.70. The Hall–Kier alpha value is -1.97. The van der Waals surface area contributed by atoms with E-state index in [1.807, 2.05) is 22.9 Å². The molecule has 0 N–H and O–H groups in total. The number of ether oxygens (including phenoxy) is 1. The Balaban J connectivity index is 2.80. The fourth-order valence-corrected chi connectivity index (χ4v) is 1.70. The molecule has 0 saturated carbocycles. The van der Waals surface area contributed by atoms with Crippen LogP contribution in [0.2, 0.25) is 0 Å². The van der Waals surface area contributed by atoms with Crippen LogP contribution in [0.4, 0.5) is 0 Å². The minimum Gasteiger partial charge on any atom is -0.405 e. The van der Waals surface area contributed by atoms with E-state index < -0.39 is 5.97 Å². The van der Waals surface area contributed by atoms with Crippen LogP contribution in [0.1, 0.15) is 6.42 Å². The number of hydrogen-bond acceptors (Lipinski definition) is 4. The standard InChI is InChI=1S/C13H18N2O2/c1-5-8-11-14(4)12(17-13(16)7-3)10-15(11)9-6-2/h5-7,10-11H,1-3,8-9H2,4H3. The van der Waals surface area contributed by atoms with Crippen molar-refractivity contribution in [1.82, 2.24) is 9.80 Å². The summed E-state index contributed by atoms with van der Waals surface area (Å²) in [5.41, 5.74) is 0. The first-order chi connectivity index (χ1) is 8.13. The Morgan fingerprint density at radius 3 is 2.71 bits per heavy atom. The van der Waals surface area contributed by atoms with Crippen LogP contribution >= 0.6 is 0 Å². The zero-order valence-corrected chi connectivity index (χ0v) is 10.1. The number of carbonyl (C=O) groups is 1. The summed E-state index contributed by atoms with van der Waals surface area (Å²) < 4.78 is 5.15. The van der Waals surface area contributed by atoms with E-state index in [-0.39, 0.29) is 6.17 Å². The van der Waals surface area contributed by atoms with Crippen LogP contribution in [0, 0.1) is 0 Å². The Kier molecular flexibility index (Phi) is 4.57. The molecular weight excluding hydrogens is 216 g/mol. The fraction of sp³-hybridized carbons (Fsp3) is 0.308. The van der Waals surface area contributed by atoms with Gasteiger partial charge in [-0.15, -0.1) is 13.2 Å². The number of esters is 1. The third-order valence-corrected chi connectivity index (χ3v) is 2.54. The third-order valence-electron chi connectivity index (χ3n) is 2.54. The van der Waals surface area contributed by atoms with Crippen molar-refractivity contribution in [2.75, 3.05) is 13.6 Å². The molecule has 0 fully saturated rings. The van der Waals surface area contributed by atoms with Gasteiger partial charge in [0.2, 0.25) is 5.88 Å². The van der Waals surface area contributed by atoms with Crippen LogP contribution in [0.25, 0.3) is 0 Å². The SMILES string of the molecule is C=CCC1N(CC=C)C=C(OC(=O)C=C)N1C. The Morgan fingerprint density at radius 1 is 1.47 bits per heavy atom. The molecule has 1 heterocycles. The molecule has 4 nitrogen and oxygen atoms in total. The van der Waals surface area contributed by atoms with Crippen LogP contribution in [0.15, 0.2) is 50.0 Å². The number of hydrogen-bond donors (Lipinski definition) is 0. The molecule has 1 rings (SSSR count). The van der Waals surface area contributed by atoms with E-state index in [1.165, 1.54) is 0 Å². The first kappa shape index (κ1) is 13.1. The van der Waals surface area contributed by atoms with Crippen molar-refractivity contribution >= 4 is 5.97 Å². The van der Waals surface area contributed by atoms with Gasteiger partial charge < -0.3 is 14.5 Å². The zero-order valence-electron chi connectivity index (χ0n) is 10.1. The molecule has 0 radical (unpaired) electrons. The van der Waals surface area contributed by atoms with Crippen LogP contribution in [0.5, 0.6) is 0 Å². The largest absolute Gasteiger partial charge is 0.405 e. The topological polar surface area (TPSA) is 32.8 Å². The lowest BCUT2D eigenvalue weighted by molar-refractivity contribution is -0.136. The molecule has 0 aromatic rings. The molecule has 0 saturated heterocycles. The van der Waals surface area contributed by atoms with Crippen LogP contribution < -0.4 is 0 Å². The molecule has 4 heteroatoms. The van der Waals surface area contributed by atoms with Crippen molar-refractivity contribution in [2.45, 2.75) is 12.6 Å². The first-order valence-electron chi connectivity index (χ1n) is 5.40. The summed E-state index contributed by atoms with van der Waals surface area (Å²) in [4.78, 5) is 15.1. The van der Waals surface area contributed by atoms with E-state index in [1.54, 1.807) is 12.3 Å². The average Bonchev–Trinajstić information content (AvgIpc) is 2.59. The summed E-state index contributed by atoms with van der Waals surface area (Å²) in [6, 6.07) is 0. The van der Waals surface area contributed by atoms with Crippen molar-refractivity contribution < 1.29 is 9.53 Å². The summed E-state index contributed by atoms with van der Waals surface area (Å²) in [5, 5.41) is 0. The summed E-state index contributed by atoms with van der Waals surface area (Å²) in [6.07, 6.45) is 7.47. The first-order valence-corrected chi connectivity index (χ1v) is 5.40. The maximum absolute atomic E-state index is 11.2. The predicted octanol–water partition coefficient (Wildman–Crippen LogP) is 1.85. The third kappa shape index (κ3) is 3.00. The van der Waals surface area contributed by atoms with Gasteiger partial charge >= 0.3 is 5.97 Å². The number of nitrogens with zero attached hydrogens (tertiary/aromatic N) is 2. The maximum atomic E-state index is 11.2. The summed E-state index contributed by atoms with van der Waals surface area (Å²) >= 11 is 0. The molecule has 1 unspecified atom stereocenters. The van der Waals surface area contributed by atoms with Gasteiger partial charge in [-0.05, 0) is 0 Å². The van der Waals surface area contributed by atoms with Gasteiger partial charge in [0, 0.05) is 26.1 Å². The second kappa shape index (κ2) is 5.94. The van der Waals surface area contributed by atoms with Gasteiger partial charge in [0.25, 0.3) is 0 Å². The highest BCUT2D eigenvalue weighted by molar-refractivity contribution is 5.82. The quantitative estimate of drug-likeness (QED) is 0.399. The van der Waals surface area contributed by atoms with E-state index in [2.05, 4.69) is 19.7 Å². The van der Waals surface area contributed by atoms with Crippen molar-refractivity contribution in [3.05, 3.63) is 50.0 Å². The Labute approximate surface area is 102 Å². The lowest BCUT2D eigenvalue weighted by Crippen LogP contribution is -2.37. The summed E-state index contributed by atoms with van der Waals surface area (Å²) in [6.45, 7) is 11.5. The molecule has 1 atom stereocenters. The van der Waals surface area contributed by atoms with Crippen LogP contribution in [-0.4, -0.2) is 35.5 Å². The van der Waals surface area contributed by atoms with E-state index in [0.717, 1.165) is 12.5 Å². The van der Waals surface area contributed by atoms with Gasteiger partial charge in [0.05, 0.1) is 6.20 Å². The Bertz CT molecular complexity index is 360. The van der Waals surface area contributed by atoms with E-state index in [0.29, 0.717) is 12.4 Å². The molecule has 0 bridgehead atoms. The van der Waals surface area contributed by atoms with E-state index in [9.17, 15) is 4.79 Å². The minimum absolute atomic E-state index is 0.109. The van der Waals surface area contributed by atoms with Crippen molar-refractivity contribution in [2.24, 2.45) is 0 Å². The van der Waals surface area contributed by atoms with E-state index in [4.69, 9.17) is 4.74 Å². The smallest absolute Gasteiger partial charge is 0.336 e. The van der Waals surface area contributed by atoms with Crippen molar-refractivity contribution in [3.8, 4) is 0 Å². The number of carbonyl (C=O) groups excluding carboxylic acids is 1. The number of rotatable bonds is 6. The monoisotopic (exact) mass is 234 g/mol. The molecule has 17 heavy (non-hydrogen) atoms. The lowest BCUT2D eigenvalue weighted by atomic mass is 10.3. The van der Waals surface area contributed by atoms with Crippen LogP contribution in [-0.2, 0) is 9.53 Å². The normalized spacial score (nSPS) is 18.6. The highest BCUT2D eigenvalue weighted by atomic mass is 16.6. The molecule has 92 valence electrons. The van der Waals surface area contributed by atoms with Gasteiger partial charge in [-0.3, -0.25) is 0 Å². The molecule has 0 aromatic carbocycles. The predicted molar refractivity (Wildman–Crippen MR) is 67.6 cm³/mol. The second-order valence-electron chi connectivity index (χ2n) is 3.69. The maximum Gasteiger partial charge on any atom is 0.336 e. The molecule has 1 aliphatic rings. The van der Waals surface area contributed by atoms with Crippen LogP contribution in [0.3, 0.4) is 0 Å². The average molecular weight is 234 g/mol. The molecular formula is C13H18N2O2. The highest BCUT2D eigenvalue weighted by Gasteiger charge is 2.29. The highest BCUT2D eigenvalue weighted by Crippen LogP contribution is 2.24. The van der Waals surface area contributed by atoms with Gasteiger partial charge in [-0.1, -0.05) is 18.7 Å².